The largest absolute Gasteiger partial charge is 0.351 e. The summed E-state index contributed by atoms with van der Waals surface area (Å²) < 4.78 is 16.9. The molecule has 0 saturated carbocycles. The minimum absolute atomic E-state index is 0.00735. The zero-order valence-electron chi connectivity index (χ0n) is 15.6. The Balaban J connectivity index is 1.53. The molecule has 0 bridgehead atoms. The van der Waals surface area contributed by atoms with Gasteiger partial charge in [-0.25, -0.2) is 9.37 Å². The topological polar surface area (TPSA) is 68.4 Å². The molecule has 0 aliphatic rings. The van der Waals surface area contributed by atoms with Crippen LogP contribution in [0.1, 0.15) is 21.5 Å². The number of rotatable bonds is 4. The second-order valence-corrected chi connectivity index (χ2v) is 6.79. The standard InChI is InChI=1S/C21H19FN4O2/c1-13-4-3-9-26-19(13)24-11-17(21(26)28)20(27)23-8-7-14-12-25(2)18-6-5-15(22)10-16(14)18/h3-6,9-12H,7-8H2,1-2H3,(H,23,27). The van der Waals surface area contributed by atoms with Crippen molar-refractivity contribution in [2.75, 3.05) is 6.54 Å². The number of hydrogen-bond donors (Lipinski definition) is 1. The molecular weight excluding hydrogens is 359 g/mol. The smallest absolute Gasteiger partial charge is 0.270 e. The van der Waals surface area contributed by atoms with Crippen molar-refractivity contribution in [2.45, 2.75) is 13.3 Å². The van der Waals surface area contributed by atoms with E-state index in [2.05, 4.69) is 10.3 Å². The summed E-state index contributed by atoms with van der Waals surface area (Å²) in [5, 5.41) is 3.58. The van der Waals surface area contributed by atoms with Crippen LogP contribution in [-0.2, 0) is 13.5 Å². The number of nitrogens with one attached hydrogen (secondary N) is 1. The van der Waals surface area contributed by atoms with E-state index in [1.807, 2.05) is 30.8 Å². The molecule has 1 aromatic carbocycles. The minimum Gasteiger partial charge on any atom is -0.351 e. The van der Waals surface area contributed by atoms with Gasteiger partial charge in [-0.2, -0.15) is 0 Å². The molecule has 0 aliphatic carbocycles. The Morgan fingerprint density at radius 1 is 1.29 bits per heavy atom. The first-order valence-electron chi connectivity index (χ1n) is 8.94. The Labute approximate surface area is 160 Å². The van der Waals surface area contributed by atoms with Crippen LogP contribution in [0.5, 0.6) is 0 Å². The molecule has 1 N–H and O–H groups in total. The average molecular weight is 378 g/mol. The SMILES string of the molecule is Cc1cccn2c(=O)c(C(=O)NCCc3cn(C)c4ccc(F)cc34)cnc12. The van der Waals surface area contributed by atoms with Crippen LogP contribution in [0.25, 0.3) is 16.6 Å². The van der Waals surface area contributed by atoms with Gasteiger partial charge < -0.3 is 9.88 Å². The number of halogens is 1. The molecular formula is C21H19FN4O2. The van der Waals surface area contributed by atoms with Crippen molar-refractivity contribution in [3.63, 3.8) is 0 Å². The van der Waals surface area contributed by atoms with Crippen LogP contribution in [0.3, 0.4) is 0 Å². The first-order valence-corrected chi connectivity index (χ1v) is 8.94. The Morgan fingerprint density at radius 2 is 2.11 bits per heavy atom. The van der Waals surface area contributed by atoms with Crippen molar-refractivity contribution in [3.05, 3.63) is 81.8 Å². The highest BCUT2D eigenvalue weighted by molar-refractivity contribution is 5.93. The Kier molecular flexibility index (Phi) is 4.43. The molecule has 4 aromatic rings. The highest BCUT2D eigenvalue weighted by Crippen LogP contribution is 2.22. The number of carbonyl (C=O) groups excluding carboxylic acids is 1. The molecule has 6 nitrogen and oxygen atoms in total. The highest BCUT2D eigenvalue weighted by atomic mass is 19.1. The van der Waals surface area contributed by atoms with Crippen molar-refractivity contribution in [1.82, 2.24) is 19.3 Å². The fourth-order valence-corrected chi connectivity index (χ4v) is 3.45. The zero-order valence-corrected chi connectivity index (χ0v) is 15.6. The van der Waals surface area contributed by atoms with Crippen molar-refractivity contribution < 1.29 is 9.18 Å². The quantitative estimate of drug-likeness (QED) is 0.594. The molecule has 1 amide bonds. The summed E-state index contributed by atoms with van der Waals surface area (Å²) in [6.45, 7) is 2.18. The summed E-state index contributed by atoms with van der Waals surface area (Å²) in [6.07, 6.45) is 5.35. The van der Waals surface area contributed by atoms with Gasteiger partial charge in [-0.3, -0.25) is 14.0 Å². The fraction of sp³-hybridized carbons (Fsp3) is 0.190. The monoisotopic (exact) mass is 378 g/mol. The Morgan fingerprint density at radius 3 is 2.93 bits per heavy atom. The van der Waals surface area contributed by atoms with Crippen LogP contribution >= 0.6 is 0 Å². The maximum Gasteiger partial charge on any atom is 0.270 e. The number of pyridine rings is 1. The van der Waals surface area contributed by atoms with Crippen LogP contribution in [0.4, 0.5) is 4.39 Å². The van der Waals surface area contributed by atoms with Gasteiger partial charge >= 0.3 is 0 Å². The predicted octanol–water partition coefficient (Wildman–Crippen LogP) is 2.61. The Hall–Kier alpha value is -3.48. The zero-order chi connectivity index (χ0) is 19.8. The lowest BCUT2D eigenvalue weighted by molar-refractivity contribution is 0.0952. The maximum atomic E-state index is 13.6. The van der Waals surface area contributed by atoms with Gasteiger partial charge in [0, 0.05) is 43.1 Å². The van der Waals surface area contributed by atoms with Crippen molar-refractivity contribution in [2.24, 2.45) is 7.05 Å². The van der Waals surface area contributed by atoms with Crippen LogP contribution < -0.4 is 10.9 Å². The first kappa shape index (κ1) is 17.9. The van der Waals surface area contributed by atoms with E-state index in [1.165, 1.54) is 22.7 Å². The van der Waals surface area contributed by atoms with E-state index >= 15 is 0 Å². The number of nitrogens with zero attached hydrogens (tertiary/aromatic N) is 3. The number of benzene rings is 1. The molecule has 28 heavy (non-hydrogen) atoms. The van der Waals surface area contributed by atoms with Gasteiger partial charge in [0.15, 0.2) is 0 Å². The molecule has 0 aliphatic heterocycles. The third-order valence-electron chi connectivity index (χ3n) is 4.89. The second-order valence-electron chi connectivity index (χ2n) is 6.79. The van der Waals surface area contributed by atoms with Crippen molar-refractivity contribution >= 4 is 22.5 Å². The van der Waals surface area contributed by atoms with Crippen LogP contribution in [0.2, 0.25) is 0 Å². The molecule has 0 atom stereocenters. The summed E-state index contributed by atoms with van der Waals surface area (Å²) in [7, 11) is 1.89. The van der Waals surface area contributed by atoms with Gasteiger partial charge in [0.05, 0.1) is 0 Å². The first-order chi connectivity index (χ1) is 13.5. The molecule has 3 heterocycles. The molecule has 7 heteroatoms. The van der Waals surface area contributed by atoms with Crippen LogP contribution in [-0.4, -0.2) is 26.4 Å². The van der Waals surface area contributed by atoms with E-state index in [9.17, 15) is 14.0 Å². The van der Waals surface area contributed by atoms with Gasteiger partial charge in [0.25, 0.3) is 11.5 Å². The van der Waals surface area contributed by atoms with Gasteiger partial charge in [0.2, 0.25) is 0 Å². The lowest BCUT2D eigenvalue weighted by Gasteiger charge is -2.07. The minimum atomic E-state index is -0.472. The van der Waals surface area contributed by atoms with E-state index in [0.717, 1.165) is 22.0 Å². The molecule has 142 valence electrons. The third kappa shape index (κ3) is 3.05. The molecule has 0 fully saturated rings. The summed E-state index contributed by atoms with van der Waals surface area (Å²) in [4.78, 5) is 29.3. The summed E-state index contributed by atoms with van der Waals surface area (Å²) in [5.41, 5.74) is 2.83. The molecule has 3 aromatic heterocycles. The lowest BCUT2D eigenvalue weighted by Crippen LogP contribution is -2.32. The van der Waals surface area contributed by atoms with E-state index in [4.69, 9.17) is 0 Å². The van der Waals surface area contributed by atoms with E-state index in [-0.39, 0.29) is 11.4 Å². The van der Waals surface area contributed by atoms with Gasteiger partial charge in [-0.15, -0.1) is 0 Å². The summed E-state index contributed by atoms with van der Waals surface area (Å²) in [5.74, 6) is -0.769. The molecule has 0 radical (unpaired) electrons. The fourth-order valence-electron chi connectivity index (χ4n) is 3.45. The summed E-state index contributed by atoms with van der Waals surface area (Å²) >= 11 is 0. The van der Waals surface area contributed by atoms with Gasteiger partial charge in [-0.1, -0.05) is 6.07 Å². The predicted molar refractivity (Wildman–Crippen MR) is 105 cm³/mol. The second kappa shape index (κ2) is 6.92. The average Bonchev–Trinajstić information content (AvgIpc) is 2.97. The van der Waals surface area contributed by atoms with Gasteiger partial charge in [-0.05, 0) is 48.7 Å². The number of hydrogen-bond acceptors (Lipinski definition) is 3. The number of amides is 1. The maximum absolute atomic E-state index is 13.6. The normalized spacial score (nSPS) is 11.2. The number of carbonyl (C=O) groups is 1. The number of fused-ring (bicyclic) bond motifs is 2. The van der Waals surface area contributed by atoms with Crippen molar-refractivity contribution in [1.29, 1.82) is 0 Å². The van der Waals surface area contributed by atoms with E-state index < -0.39 is 11.5 Å². The van der Waals surface area contributed by atoms with Crippen LogP contribution in [0.15, 0.2) is 53.7 Å². The third-order valence-corrected chi connectivity index (χ3v) is 4.89. The number of aromatic nitrogens is 3. The van der Waals surface area contributed by atoms with Crippen LogP contribution in [0, 0.1) is 12.7 Å². The van der Waals surface area contributed by atoms with Crippen molar-refractivity contribution in [3.8, 4) is 0 Å². The van der Waals surface area contributed by atoms with E-state index in [0.29, 0.717) is 18.6 Å². The lowest BCUT2D eigenvalue weighted by atomic mass is 10.1. The Bertz CT molecular complexity index is 1270. The summed E-state index contributed by atoms with van der Waals surface area (Å²) in [6, 6.07) is 8.25. The molecule has 4 rings (SSSR count). The van der Waals surface area contributed by atoms with E-state index in [1.54, 1.807) is 18.3 Å². The highest BCUT2D eigenvalue weighted by Gasteiger charge is 2.14. The molecule has 0 unspecified atom stereocenters. The molecule has 0 spiro atoms. The van der Waals surface area contributed by atoms with Gasteiger partial charge in [0.1, 0.15) is 17.0 Å². The molecule has 0 saturated heterocycles. The number of aryl methyl sites for hydroxylation is 2.